The lowest BCUT2D eigenvalue weighted by Crippen LogP contribution is -2.56. The molecule has 0 saturated carbocycles. The van der Waals surface area contributed by atoms with Gasteiger partial charge in [0.15, 0.2) is 0 Å². The van der Waals surface area contributed by atoms with Crippen molar-refractivity contribution in [2.75, 3.05) is 41.4 Å². The van der Waals surface area contributed by atoms with Crippen LogP contribution in [0.4, 0.5) is 0 Å². The van der Waals surface area contributed by atoms with Gasteiger partial charge in [-0.1, -0.05) is 58.6 Å². The van der Waals surface area contributed by atoms with Crippen molar-refractivity contribution in [3.05, 3.63) is 37.0 Å². The number of carbonyl (C=O) groups excluding carboxylic acids is 4. The van der Waals surface area contributed by atoms with E-state index in [4.69, 9.17) is 9.47 Å². The summed E-state index contributed by atoms with van der Waals surface area (Å²) in [4.78, 5) is 68.3. The number of methoxy groups -OCH3 is 2. The molecule has 1 saturated heterocycles. The fourth-order valence-corrected chi connectivity index (χ4v) is 6.05. The van der Waals surface area contributed by atoms with Crippen molar-refractivity contribution in [2.45, 2.75) is 103 Å². The van der Waals surface area contributed by atoms with Crippen molar-refractivity contribution in [3.63, 3.8) is 0 Å². The van der Waals surface area contributed by atoms with Gasteiger partial charge in [0.05, 0.1) is 48.7 Å². The summed E-state index contributed by atoms with van der Waals surface area (Å²) in [5.74, 6) is -3.33. The van der Waals surface area contributed by atoms with Crippen LogP contribution in [0.1, 0.15) is 66.7 Å². The molecule has 0 aliphatic carbocycles. The van der Waals surface area contributed by atoms with Crippen molar-refractivity contribution in [3.8, 4) is 0 Å². The summed E-state index contributed by atoms with van der Waals surface area (Å²) >= 11 is 0. The molecule has 1 fully saturated rings. The molecule has 272 valence electrons. The van der Waals surface area contributed by atoms with Crippen molar-refractivity contribution in [1.82, 2.24) is 25.8 Å². The Balaban J connectivity index is 3.14. The molecular formula is C35H59N5O8. The average molecular weight is 678 g/mol. The molecule has 13 nitrogen and oxygen atoms in total. The van der Waals surface area contributed by atoms with Crippen molar-refractivity contribution in [1.29, 1.82) is 0 Å². The molecule has 0 aromatic rings. The van der Waals surface area contributed by atoms with Crippen molar-refractivity contribution >= 4 is 29.6 Å². The lowest BCUT2D eigenvalue weighted by atomic mass is 9.90. The predicted octanol–water partition coefficient (Wildman–Crippen LogP) is 2.28. The molecule has 1 aliphatic rings. The maximum atomic E-state index is 13.9. The third-order valence-corrected chi connectivity index (χ3v) is 9.55. The first-order valence-electron chi connectivity index (χ1n) is 16.6. The molecule has 0 spiro atoms. The quantitative estimate of drug-likeness (QED) is 0.133. The minimum Gasteiger partial charge on any atom is -0.480 e. The summed E-state index contributed by atoms with van der Waals surface area (Å²) in [5.41, 5.74) is -0.240. The van der Waals surface area contributed by atoms with Crippen LogP contribution in [-0.4, -0.2) is 122 Å². The van der Waals surface area contributed by atoms with Crippen molar-refractivity contribution < 1.29 is 38.6 Å². The fourth-order valence-electron chi connectivity index (χ4n) is 6.05. The van der Waals surface area contributed by atoms with Crippen LogP contribution in [0.5, 0.6) is 0 Å². The first-order chi connectivity index (χ1) is 22.5. The Morgan fingerprint density at radius 3 is 2.25 bits per heavy atom. The Hall–Kier alpha value is -3.55. The zero-order valence-electron chi connectivity index (χ0n) is 30.3. The van der Waals surface area contributed by atoms with Crippen LogP contribution in [0.15, 0.2) is 37.0 Å². The van der Waals surface area contributed by atoms with Gasteiger partial charge < -0.3 is 40.3 Å². The standard InChI is InChI=1S/C35H59N5O8/c1-12-16-24(14-3)19-25(33(44)45)38-32(43)23(5)31(48-11)26-17-15-18-40(26)28(41)20-27(47-10)30(22(4)13-2)39(9)29(42)21-37-34(46)35(6,7)36-8/h12,14,16,22-23,25-27,30-31,36H,1,3,13,15,17-21H2,2,4-11H3,(H,37,46)(H,38,43)(H,44,45)/b24-16+. The number of carbonyl (C=O) groups is 5. The van der Waals surface area contributed by atoms with Gasteiger partial charge in [-0.05, 0) is 45.2 Å². The number of aliphatic carboxylic acids is 1. The van der Waals surface area contributed by atoms with Crippen LogP contribution in [-0.2, 0) is 33.4 Å². The van der Waals surface area contributed by atoms with Crippen LogP contribution in [0.25, 0.3) is 0 Å². The molecule has 13 heteroatoms. The Morgan fingerprint density at radius 2 is 1.75 bits per heavy atom. The van der Waals surface area contributed by atoms with E-state index in [0.29, 0.717) is 25.0 Å². The highest BCUT2D eigenvalue weighted by Crippen LogP contribution is 2.29. The van der Waals surface area contributed by atoms with Gasteiger partial charge in [0.25, 0.3) is 0 Å². The number of carboxylic acids is 1. The number of carboxylic acid groups (broad SMARTS) is 1. The van der Waals surface area contributed by atoms with E-state index >= 15 is 0 Å². The molecule has 4 N–H and O–H groups in total. The molecule has 1 heterocycles. The molecule has 4 amide bonds. The van der Waals surface area contributed by atoms with Gasteiger partial charge in [0, 0.05) is 34.2 Å². The normalized spacial score (nSPS) is 18.9. The van der Waals surface area contributed by atoms with Crippen LogP contribution in [0, 0.1) is 11.8 Å². The number of hydrogen-bond acceptors (Lipinski definition) is 8. The van der Waals surface area contributed by atoms with E-state index in [-0.39, 0.29) is 43.0 Å². The zero-order chi connectivity index (χ0) is 36.8. The first kappa shape index (κ1) is 42.5. The Morgan fingerprint density at radius 1 is 1.10 bits per heavy atom. The Labute approximate surface area is 286 Å². The number of amides is 4. The van der Waals surface area contributed by atoms with E-state index < -0.39 is 53.7 Å². The van der Waals surface area contributed by atoms with E-state index in [1.54, 1.807) is 50.7 Å². The number of nitrogens with one attached hydrogen (secondary N) is 3. The first-order valence-corrected chi connectivity index (χ1v) is 16.6. The maximum absolute atomic E-state index is 13.9. The van der Waals surface area contributed by atoms with E-state index in [1.165, 1.54) is 26.4 Å². The fraction of sp³-hybridized carbons (Fsp3) is 0.686. The third kappa shape index (κ3) is 11.6. The van der Waals surface area contributed by atoms with Gasteiger partial charge in [-0.2, -0.15) is 0 Å². The second-order valence-electron chi connectivity index (χ2n) is 13.0. The predicted molar refractivity (Wildman–Crippen MR) is 185 cm³/mol. The van der Waals surface area contributed by atoms with Gasteiger partial charge in [-0.15, -0.1) is 0 Å². The third-order valence-electron chi connectivity index (χ3n) is 9.55. The highest BCUT2D eigenvalue weighted by atomic mass is 16.5. The summed E-state index contributed by atoms with van der Waals surface area (Å²) in [5, 5.41) is 18.0. The highest BCUT2D eigenvalue weighted by Gasteiger charge is 2.42. The second-order valence-corrected chi connectivity index (χ2v) is 13.0. The van der Waals surface area contributed by atoms with Gasteiger partial charge >= 0.3 is 5.97 Å². The maximum Gasteiger partial charge on any atom is 0.326 e. The van der Waals surface area contributed by atoms with Crippen LogP contribution < -0.4 is 16.0 Å². The number of hydrogen-bond donors (Lipinski definition) is 4. The number of likely N-dealkylation sites (N-methyl/N-ethyl adjacent to an activating group) is 2. The van der Waals surface area contributed by atoms with Gasteiger partial charge in [-0.3, -0.25) is 19.2 Å². The van der Waals surface area contributed by atoms with E-state index in [9.17, 15) is 29.1 Å². The summed E-state index contributed by atoms with van der Waals surface area (Å²) in [7, 11) is 6.30. The number of allylic oxidation sites excluding steroid dienone is 3. The lowest BCUT2D eigenvalue weighted by molar-refractivity contribution is -0.147. The van der Waals surface area contributed by atoms with Crippen LogP contribution in [0.3, 0.4) is 0 Å². The molecule has 0 bridgehead atoms. The van der Waals surface area contributed by atoms with Crippen LogP contribution in [0.2, 0.25) is 0 Å². The molecule has 48 heavy (non-hydrogen) atoms. The molecule has 0 aromatic heterocycles. The largest absolute Gasteiger partial charge is 0.480 e. The van der Waals surface area contributed by atoms with Gasteiger partial charge in [0.1, 0.15) is 6.04 Å². The highest BCUT2D eigenvalue weighted by molar-refractivity contribution is 5.90. The zero-order valence-corrected chi connectivity index (χ0v) is 30.3. The summed E-state index contributed by atoms with van der Waals surface area (Å²) in [6.07, 6.45) is 5.36. The van der Waals surface area contributed by atoms with Gasteiger partial charge in [0.2, 0.25) is 23.6 Å². The minimum absolute atomic E-state index is 0.0170. The SMILES string of the molecule is C=C/C=C(\C=C)CC(NC(=O)C(C)C(OC)C1CCCN1C(=O)CC(OC)C(C(C)CC)N(C)C(=O)CNC(=O)C(C)(C)NC)C(=O)O. The molecule has 1 rings (SSSR count). The summed E-state index contributed by atoms with van der Waals surface area (Å²) in [6.45, 7) is 16.6. The number of ether oxygens (including phenoxy) is 2. The van der Waals surface area contributed by atoms with E-state index in [0.717, 1.165) is 6.42 Å². The topological polar surface area (TPSA) is 167 Å². The Bertz CT molecular complexity index is 1170. The molecule has 0 aromatic carbocycles. The summed E-state index contributed by atoms with van der Waals surface area (Å²) < 4.78 is 11.7. The molecular weight excluding hydrogens is 618 g/mol. The van der Waals surface area contributed by atoms with Crippen LogP contribution >= 0.6 is 0 Å². The number of likely N-dealkylation sites (tertiary alicyclic amines) is 1. The molecule has 1 aliphatic heterocycles. The molecule has 7 atom stereocenters. The van der Waals surface area contributed by atoms with Gasteiger partial charge in [-0.25, -0.2) is 4.79 Å². The monoisotopic (exact) mass is 677 g/mol. The second kappa shape index (κ2) is 20.1. The lowest BCUT2D eigenvalue weighted by Gasteiger charge is -2.39. The molecule has 7 unspecified atom stereocenters. The van der Waals surface area contributed by atoms with Crippen molar-refractivity contribution in [2.24, 2.45) is 11.8 Å². The average Bonchev–Trinajstić information content (AvgIpc) is 3.55. The minimum atomic E-state index is -1.19. The Kier molecular flexibility index (Phi) is 17.8. The number of rotatable bonds is 21. The molecule has 0 radical (unpaired) electrons. The van der Waals surface area contributed by atoms with E-state index in [1.807, 2.05) is 13.8 Å². The summed E-state index contributed by atoms with van der Waals surface area (Å²) in [6, 6.07) is -2.08. The van der Waals surface area contributed by atoms with E-state index in [2.05, 4.69) is 29.1 Å². The smallest absolute Gasteiger partial charge is 0.326 e. The number of nitrogens with zero attached hydrogens (tertiary/aromatic N) is 2.